The lowest BCUT2D eigenvalue weighted by Gasteiger charge is -2.29. The third kappa shape index (κ3) is 3.73. The first-order chi connectivity index (χ1) is 14.3. The molecule has 1 saturated carbocycles. The average Bonchev–Trinajstić information content (AvgIpc) is 2.96. The molecule has 1 aliphatic carbocycles. The number of benzene rings is 2. The van der Waals surface area contributed by atoms with E-state index in [4.69, 9.17) is 0 Å². The molecule has 156 valence electrons. The highest BCUT2D eigenvalue weighted by atomic mass is 79.9. The van der Waals surface area contributed by atoms with E-state index < -0.39 is 0 Å². The Hall–Kier alpha value is -1.99. The Morgan fingerprint density at radius 1 is 0.933 bits per heavy atom. The van der Waals surface area contributed by atoms with E-state index >= 15 is 0 Å². The number of hydrogen-bond donors (Lipinski definition) is 1. The van der Waals surface area contributed by atoms with Crippen molar-refractivity contribution < 1.29 is 14.4 Å². The maximum Gasteiger partial charge on any atom is 0.255 e. The fraction of sp³-hybridized carbons (Fsp3) is 0.348. The van der Waals surface area contributed by atoms with E-state index in [0.717, 1.165) is 16.8 Å². The number of anilines is 2. The Morgan fingerprint density at radius 3 is 2.07 bits per heavy atom. The summed E-state index contributed by atoms with van der Waals surface area (Å²) in [5.74, 6) is -1.11. The van der Waals surface area contributed by atoms with Crippen LogP contribution in [0.25, 0.3) is 0 Å². The first-order valence-electron chi connectivity index (χ1n) is 9.91. The molecule has 7 heteroatoms. The molecule has 2 aromatic rings. The predicted octanol–water partition coefficient (Wildman–Crippen LogP) is 4.98. The maximum absolute atomic E-state index is 12.9. The molecule has 0 bridgehead atoms. The van der Waals surface area contributed by atoms with Crippen molar-refractivity contribution in [1.29, 1.82) is 0 Å². The lowest BCUT2D eigenvalue weighted by molar-refractivity contribution is -0.122. The Balaban J connectivity index is 1.52. The third-order valence-corrected chi connectivity index (χ3v) is 8.89. The van der Waals surface area contributed by atoms with Gasteiger partial charge >= 0.3 is 0 Å². The van der Waals surface area contributed by atoms with E-state index in [1.165, 1.54) is 4.90 Å². The van der Waals surface area contributed by atoms with Gasteiger partial charge in [0, 0.05) is 20.9 Å². The number of nitrogens with one attached hydrogen (secondary N) is 1. The van der Waals surface area contributed by atoms with Crippen LogP contribution in [0.2, 0.25) is 0 Å². The zero-order valence-corrected chi connectivity index (χ0v) is 19.9. The van der Waals surface area contributed by atoms with Gasteiger partial charge in [-0.25, -0.2) is 0 Å². The summed E-state index contributed by atoms with van der Waals surface area (Å²) in [6, 6.07) is 12.4. The molecule has 3 amide bonds. The number of rotatable bonds is 3. The molecule has 2 fully saturated rings. The molecule has 1 N–H and O–H groups in total. The van der Waals surface area contributed by atoms with Crippen LogP contribution >= 0.6 is 31.9 Å². The Morgan fingerprint density at radius 2 is 1.50 bits per heavy atom. The summed E-state index contributed by atoms with van der Waals surface area (Å²) >= 11 is 7.20. The Bertz CT molecular complexity index is 994. The van der Waals surface area contributed by atoms with Crippen molar-refractivity contribution in [1.82, 2.24) is 0 Å². The number of amides is 3. The van der Waals surface area contributed by atoms with Gasteiger partial charge in [0.05, 0.1) is 17.5 Å². The number of imide groups is 1. The molecular formula is C23H22Br2N2O3. The lowest BCUT2D eigenvalue weighted by Crippen LogP contribution is -2.34. The molecule has 0 aromatic heterocycles. The molecule has 4 rings (SSSR count). The van der Waals surface area contributed by atoms with Crippen LogP contribution in [0, 0.1) is 25.7 Å². The lowest BCUT2D eigenvalue weighted by atomic mass is 9.81. The van der Waals surface area contributed by atoms with Crippen LogP contribution in [0.15, 0.2) is 42.5 Å². The molecule has 1 aliphatic heterocycles. The van der Waals surface area contributed by atoms with Crippen molar-refractivity contribution in [3.05, 3.63) is 59.2 Å². The average molecular weight is 534 g/mol. The van der Waals surface area contributed by atoms with Crippen LogP contribution in [-0.2, 0) is 9.59 Å². The first kappa shape index (κ1) is 21.2. The summed E-state index contributed by atoms with van der Waals surface area (Å²) in [5.41, 5.74) is 3.88. The molecule has 2 aromatic carbocycles. The Kier molecular flexibility index (Phi) is 5.86. The van der Waals surface area contributed by atoms with Crippen molar-refractivity contribution in [3.63, 3.8) is 0 Å². The number of carbonyl (C=O) groups is 3. The Labute approximate surface area is 192 Å². The number of hydrogen-bond acceptors (Lipinski definition) is 3. The molecule has 0 spiro atoms. The van der Waals surface area contributed by atoms with Gasteiger partial charge in [-0.3, -0.25) is 19.3 Å². The molecule has 4 atom stereocenters. The highest BCUT2D eigenvalue weighted by molar-refractivity contribution is 9.12. The molecule has 0 unspecified atom stereocenters. The van der Waals surface area contributed by atoms with Gasteiger partial charge in [0.2, 0.25) is 11.8 Å². The summed E-state index contributed by atoms with van der Waals surface area (Å²) in [5, 5.41) is 2.93. The fourth-order valence-electron chi connectivity index (χ4n) is 4.19. The second-order valence-electron chi connectivity index (χ2n) is 7.98. The summed E-state index contributed by atoms with van der Waals surface area (Å²) in [6.07, 6.45) is 1.27. The van der Waals surface area contributed by atoms with Gasteiger partial charge in [0.25, 0.3) is 5.91 Å². The first-order valence-corrected chi connectivity index (χ1v) is 11.7. The van der Waals surface area contributed by atoms with Crippen LogP contribution in [0.1, 0.15) is 34.3 Å². The summed E-state index contributed by atoms with van der Waals surface area (Å²) in [4.78, 5) is 40.1. The minimum Gasteiger partial charge on any atom is -0.322 e. The van der Waals surface area contributed by atoms with E-state index in [-0.39, 0.29) is 39.2 Å². The molecule has 1 heterocycles. The quantitative estimate of drug-likeness (QED) is 0.447. The molecule has 0 radical (unpaired) electrons. The standard InChI is InChI=1S/C23H22Br2N2O3/c1-12-4-3-5-20(13(12)2)26-21(28)14-6-8-15(9-7-14)27-22(29)16-10-18(24)19(25)11-17(16)23(27)30/h3-9,16-19H,10-11H2,1-2H3,(H,26,28)/t16-,17+,18+,19-. The van der Waals surface area contributed by atoms with Crippen molar-refractivity contribution in [2.24, 2.45) is 11.8 Å². The zero-order valence-electron chi connectivity index (χ0n) is 16.7. The largest absolute Gasteiger partial charge is 0.322 e. The zero-order chi connectivity index (χ0) is 21.6. The summed E-state index contributed by atoms with van der Waals surface area (Å²) in [6.45, 7) is 3.96. The molecule has 5 nitrogen and oxygen atoms in total. The van der Waals surface area contributed by atoms with Crippen molar-refractivity contribution in [2.45, 2.75) is 36.3 Å². The van der Waals surface area contributed by atoms with Crippen LogP contribution < -0.4 is 10.2 Å². The number of halogens is 2. The normalized spacial score (nSPS) is 25.9. The van der Waals surface area contributed by atoms with Crippen molar-refractivity contribution >= 4 is 61.0 Å². The number of fused-ring (bicyclic) bond motifs is 1. The van der Waals surface area contributed by atoms with Gasteiger partial charge in [-0.2, -0.15) is 0 Å². The molecule has 1 saturated heterocycles. The van der Waals surface area contributed by atoms with Gasteiger partial charge < -0.3 is 5.32 Å². The topological polar surface area (TPSA) is 66.5 Å². The summed E-state index contributed by atoms with van der Waals surface area (Å²) < 4.78 is 0. The third-order valence-electron chi connectivity index (χ3n) is 6.15. The van der Waals surface area contributed by atoms with Gasteiger partial charge in [-0.15, -0.1) is 0 Å². The minimum absolute atomic E-state index is 0.151. The van der Waals surface area contributed by atoms with Crippen LogP contribution in [-0.4, -0.2) is 27.4 Å². The van der Waals surface area contributed by atoms with Gasteiger partial charge in [-0.05, 0) is 68.1 Å². The van der Waals surface area contributed by atoms with Crippen LogP contribution in [0.4, 0.5) is 11.4 Å². The van der Waals surface area contributed by atoms with E-state index in [0.29, 0.717) is 24.1 Å². The molecular weight excluding hydrogens is 512 g/mol. The minimum atomic E-state index is -0.289. The number of nitrogens with zero attached hydrogens (tertiary/aromatic N) is 1. The van der Waals surface area contributed by atoms with Crippen LogP contribution in [0.5, 0.6) is 0 Å². The van der Waals surface area contributed by atoms with Gasteiger partial charge in [-0.1, -0.05) is 44.0 Å². The highest BCUT2D eigenvalue weighted by Gasteiger charge is 2.52. The summed E-state index contributed by atoms with van der Waals surface area (Å²) in [7, 11) is 0. The highest BCUT2D eigenvalue weighted by Crippen LogP contribution is 2.44. The number of carbonyl (C=O) groups excluding carboxylic acids is 3. The molecule has 30 heavy (non-hydrogen) atoms. The van der Waals surface area contributed by atoms with E-state index in [2.05, 4.69) is 37.2 Å². The van der Waals surface area contributed by atoms with E-state index in [9.17, 15) is 14.4 Å². The fourth-order valence-corrected chi connectivity index (χ4v) is 5.43. The SMILES string of the molecule is Cc1cccc(NC(=O)c2ccc(N3C(=O)[C@H]4C[C@@H](Br)[C@@H](Br)C[C@H]4C3=O)cc2)c1C. The van der Waals surface area contributed by atoms with Crippen molar-refractivity contribution in [2.75, 3.05) is 10.2 Å². The molecule has 2 aliphatic rings. The van der Waals surface area contributed by atoms with Gasteiger partial charge in [0.15, 0.2) is 0 Å². The predicted molar refractivity (Wildman–Crippen MR) is 124 cm³/mol. The van der Waals surface area contributed by atoms with Gasteiger partial charge in [0.1, 0.15) is 0 Å². The maximum atomic E-state index is 12.9. The van der Waals surface area contributed by atoms with E-state index in [1.54, 1.807) is 24.3 Å². The monoisotopic (exact) mass is 532 g/mol. The second kappa shape index (κ2) is 8.27. The van der Waals surface area contributed by atoms with E-state index in [1.807, 2.05) is 32.0 Å². The van der Waals surface area contributed by atoms with Crippen molar-refractivity contribution in [3.8, 4) is 0 Å². The number of alkyl halides is 2. The second-order valence-corrected chi connectivity index (χ2v) is 10.3. The number of aryl methyl sites for hydroxylation is 1. The van der Waals surface area contributed by atoms with Crippen LogP contribution in [0.3, 0.4) is 0 Å². The smallest absolute Gasteiger partial charge is 0.255 e.